The monoisotopic (exact) mass is 402 g/mol. The first-order chi connectivity index (χ1) is 13.4. The van der Waals surface area contributed by atoms with Gasteiger partial charge in [0, 0.05) is 22.5 Å². The minimum Gasteiger partial charge on any atom is -0.501 e. The molecule has 0 saturated heterocycles. The largest absolute Gasteiger partial charge is 0.501 e. The molecule has 0 unspecified atom stereocenters. The molecule has 0 aliphatic carbocycles. The van der Waals surface area contributed by atoms with Gasteiger partial charge < -0.3 is 30.6 Å². The summed E-state index contributed by atoms with van der Waals surface area (Å²) in [7, 11) is 1.51. The second-order valence-electron chi connectivity index (χ2n) is 5.43. The molecule has 5 N–H and O–H groups in total. The summed E-state index contributed by atoms with van der Waals surface area (Å²) < 4.78 is 5.09. The molecule has 144 valence electrons. The number of aromatic amines is 1. The number of aromatic carboxylic acids is 1. The Labute approximate surface area is 161 Å². The first kappa shape index (κ1) is 18.9. The van der Waals surface area contributed by atoms with Gasteiger partial charge in [-0.3, -0.25) is 4.79 Å². The molecule has 0 spiro atoms. The number of carbonyl (C=O) groups is 2. The molecule has 0 aliphatic heterocycles. The molecule has 11 heteroatoms. The molecule has 0 atom stereocenters. The lowest BCUT2D eigenvalue weighted by molar-refractivity contribution is 0.0686. The number of amides is 2. The lowest BCUT2D eigenvalue weighted by Gasteiger charge is -2.10. The molecular weight excluding hydrogens is 388 g/mol. The summed E-state index contributed by atoms with van der Waals surface area (Å²) in [4.78, 5) is 41.3. The van der Waals surface area contributed by atoms with Crippen LogP contribution in [-0.4, -0.2) is 39.3 Å². The van der Waals surface area contributed by atoms with E-state index in [9.17, 15) is 19.5 Å². The molecule has 0 saturated carbocycles. The van der Waals surface area contributed by atoms with Crippen LogP contribution in [0.15, 0.2) is 39.8 Å². The van der Waals surface area contributed by atoms with E-state index >= 15 is 0 Å². The summed E-state index contributed by atoms with van der Waals surface area (Å²) in [5.74, 6) is -2.07. The molecule has 2 aromatic heterocycles. The van der Waals surface area contributed by atoms with Crippen molar-refractivity contribution < 1.29 is 24.5 Å². The number of carbonyl (C=O) groups excluding carboxylic acids is 1. The van der Waals surface area contributed by atoms with Gasteiger partial charge in [0.25, 0.3) is 5.56 Å². The van der Waals surface area contributed by atoms with Gasteiger partial charge in [-0.25, -0.2) is 14.6 Å². The summed E-state index contributed by atoms with van der Waals surface area (Å²) in [5.41, 5.74) is -0.684. The third kappa shape index (κ3) is 3.94. The Bertz CT molecular complexity index is 1110. The van der Waals surface area contributed by atoms with Gasteiger partial charge in [0.05, 0.1) is 18.4 Å². The number of anilines is 2. The van der Waals surface area contributed by atoms with Crippen LogP contribution in [0.3, 0.4) is 0 Å². The average molecular weight is 402 g/mol. The fourth-order valence-electron chi connectivity index (χ4n) is 2.31. The van der Waals surface area contributed by atoms with Crippen molar-refractivity contribution in [2.24, 2.45) is 0 Å². The molecule has 3 aromatic rings. The van der Waals surface area contributed by atoms with E-state index in [4.69, 9.17) is 9.84 Å². The van der Waals surface area contributed by atoms with E-state index in [-0.39, 0.29) is 5.82 Å². The first-order valence-electron chi connectivity index (χ1n) is 7.74. The van der Waals surface area contributed by atoms with E-state index in [0.717, 1.165) is 0 Å². The zero-order valence-corrected chi connectivity index (χ0v) is 15.2. The highest BCUT2D eigenvalue weighted by molar-refractivity contribution is 7.08. The van der Waals surface area contributed by atoms with Gasteiger partial charge in [-0.2, -0.15) is 0 Å². The van der Waals surface area contributed by atoms with E-state index in [0.29, 0.717) is 22.7 Å². The van der Waals surface area contributed by atoms with Gasteiger partial charge in [0.1, 0.15) is 11.6 Å². The van der Waals surface area contributed by atoms with Crippen LogP contribution in [0.5, 0.6) is 11.5 Å². The van der Waals surface area contributed by atoms with Crippen LogP contribution in [0.4, 0.5) is 16.2 Å². The molecular formula is C17H14N4O6S. The highest BCUT2D eigenvalue weighted by Gasteiger charge is 2.20. The van der Waals surface area contributed by atoms with Crippen molar-refractivity contribution in [2.45, 2.75) is 0 Å². The maximum atomic E-state index is 12.3. The predicted molar refractivity (Wildman–Crippen MR) is 102 cm³/mol. The van der Waals surface area contributed by atoms with Crippen molar-refractivity contribution in [3.05, 3.63) is 51.1 Å². The van der Waals surface area contributed by atoms with Crippen molar-refractivity contribution in [2.75, 3.05) is 17.7 Å². The van der Waals surface area contributed by atoms with Crippen molar-refractivity contribution in [1.29, 1.82) is 0 Å². The number of hydrogen-bond acceptors (Lipinski definition) is 7. The van der Waals surface area contributed by atoms with Crippen molar-refractivity contribution >= 4 is 34.7 Å². The molecule has 2 amide bonds. The average Bonchev–Trinajstić information content (AvgIpc) is 3.11. The molecule has 0 aliphatic rings. The molecule has 0 fully saturated rings. The van der Waals surface area contributed by atoms with E-state index < -0.39 is 29.0 Å². The Morgan fingerprint density at radius 2 is 2.04 bits per heavy atom. The van der Waals surface area contributed by atoms with Crippen molar-refractivity contribution in [1.82, 2.24) is 9.97 Å². The molecule has 10 nitrogen and oxygen atoms in total. The van der Waals surface area contributed by atoms with E-state index in [1.165, 1.54) is 18.4 Å². The van der Waals surface area contributed by atoms with Crippen LogP contribution in [0.25, 0.3) is 11.4 Å². The van der Waals surface area contributed by atoms with Gasteiger partial charge in [0.2, 0.25) is 5.75 Å². The van der Waals surface area contributed by atoms with E-state index in [2.05, 4.69) is 20.6 Å². The topological polar surface area (TPSA) is 154 Å². The third-order valence-electron chi connectivity index (χ3n) is 3.59. The second-order valence-corrected chi connectivity index (χ2v) is 6.17. The number of urea groups is 1. The highest BCUT2D eigenvalue weighted by atomic mass is 32.1. The number of nitrogens with one attached hydrogen (secondary N) is 3. The number of methoxy groups -OCH3 is 1. The van der Waals surface area contributed by atoms with Gasteiger partial charge >= 0.3 is 12.0 Å². The molecule has 2 heterocycles. The maximum absolute atomic E-state index is 12.3. The SMILES string of the molecule is COc1cccc(NC(=O)Nc2cscc2-c2nc(C(=O)O)c(O)c(=O)[nH]2)c1. The number of nitrogens with zero attached hydrogens (tertiary/aromatic N) is 1. The number of benzene rings is 1. The molecule has 0 bridgehead atoms. The quantitative estimate of drug-likeness (QED) is 0.439. The number of rotatable bonds is 5. The number of aromatic hydroxyl groups is 1. The van der Waals surface area contributed by atoms with Gasteiger partial charge in [0.15, 0.2) is 5.69 Å². The van der Waals surface area contributed by atoms with Crippen LogP contribution in [0, 0.1) is 0 Å². The normalized spacial score (nSPS) is 10.3. The van der Waals surface area contributed by atoms with Crippen LogP contribution >= 0.6 is 11.3 Å². The summed E-state index contributed by atoms with van der Waals surface area (Å²) in [6.45, 7) is 0. The Balaban J connectivity index is 1.85. The van der Waals surface area contributed by atoms with Gasteiger partial charge in [-0.1, -0.05) is 6.07 Å². The number of carboxylic acid groups (broad SMARTS) is 1. The Morgan fingerprint density at radius 1 is 1.25 bits per heavy atom. The Morgan fingerprint density at radius 3 is 2.75 bits per heavy atom. The lowest BCUT2D eigenvalue weighted by Crippen LogP contribution is -2.20. The second kappa shape index (κ2) is 7.80. The first-order valence-corrected chi connectivity index (χ1v) is 8.68. The summed E-state index contributed by atoms with van der Waals surface area (Å²) in [5, 5.41) is 27.0. The zero-order chi connectivity index (χ0) is 20.3. The number of H-pyrrole nitrogens is 1. The molecule has 28 heavy (non-hydrogen) atoms. The number of carboxylic acids is 1. The molecule has 1 aromatic carbocycles. The fourth-order valence-corrected chi connectivity index (χ4v) is 3.07. The summed E-state index contributed by atoms with van der Waals surface area (Å²) in [6.07, 6.45) is 0. The van der Waals surface area contributed by atoms with Crippen LogP contribution < -0.4 is 20.9 Å². The van der Waals surface area contributed by atoms with E-state index in [1.54, 1.807) is 35.0 Å². The number of ether oxygens (including phenoxy) is 1. The lowest BCUT2D eigenvalue weighted by atomic mass is 10.2. The highest BCUT2D eigenvalue weighted by Crippen LogP contribution is 2.30. The van der Waals surface area contributed by atoms with Crippen LogP contribution in [0.1, 0.15) is 10.5 Å². The molecule has 3 rings (SSSR count). The van der Waals surface area contributed by atoms with Gasteiger partial charge in [-0.05, 0) is 12.1 Å². The minimum absolute atomic E-state index is 0.0990. The van der Waals surface area contributed by atoms with Crippen molar-refractivity contribution in [3.63, 3.8) is 0 Å². The number of hydrogen-bond donors (Lipinski definition) is 5. The standard InChI is InChI=1S/C17H14N4O6S/c1-27-9-4-2-3-8(5-9)18-17(26)19-11-7-28-6-10(11)14-20-12(16(24)25)13(22)15(23)21-14/h2-7,22H,1H3,(H,24,25)(H2,18,19,26)(H,20,21,23). The number of thiophene rings is 1. The number of aromatic nitrogens is 2. The van der Waals surface area contributed by atoms with Crippen molar-refractivity contribution in [3.8, 4) is 22.9 Å². The van der Waals surface area contributed by atoms with Crippen LogP contribution in [0.2, 0.25) is 0 Å². The summed E-state index contributed by atoms with van der Waals surface area (Å²) >= 11 is 1.21. The van der Waals surface area contributed by atoms with Gasteiger partial charge in [-0.15, -0.1) is 11.3 Å². The predicted octanol–water partition coefficient (Wildman–Crippen LogP) is 2.55. The van der Waals surface area contributed by atoms with Crippen LogP contribution in [-0.2, 0) is 0 Å². The minimum atomic E-state index is -1.55. The summed E-state index contributed by atoms with van der Waals surface area (Å²) in [6, 6.07) is 6.18. The molecule has 0 radical (unpaired) electrons. The maximum Gasteiger partial charge on any atom is 0.358 e. The third-order valence-corrected chi connectivity index (χ3v) is 4.33. The fraction of sp³-hybridized carbons (Fsp3) is 0.0588. The van der Waals surface area contributed by atoms with E-state index in [1.807, 2.05) is 0 Å². The Hall–Kier alpha value is -3.86. The Kier molecular flexibility index (Phi) is 5.27. The zero-order valence-electron chi connectivity index (χ0n) is 14.3. The smallest absolute Gasteiger partial charge is 0.358 e.